The Balaban J connectivity index is 2.02. The quantitative estimate of drug-likeness (QED) is 0.699. The second-order valence-corrected chi connectivity index (χ2v) is 5.93. The van der Waals surface area contributed by atoms with E-state index in [1.807, 2.05) is 0 Å². The van der Waals surface area contributed by atoms with Gasteiger partial charge >= 0.3 is 0 Å². The molecule has 0 saturated heterocycles. The molecule has 0 N–H and O–H groups in total. The average molecular weight is 218 g/mol. The lowest BCUT2D eigenvalue weighted by Gasteiger charge is -2.05. The van der Waals surface area contributed by atoms with Crippen molar-refractivity contribution in [2.45, 2.75) is 47.0 Å². The van der Waals surface area contributed by atoms with Crippen LogP contribution in [0.5, 0.6) is 0 Å². The molecule has 2 aliphatic rings. The zero-order chi connectivity index (χ0) is 11.9. The van der Waals surface area contributed by atoms with Crippen LogP contribution in [0.3, 0.4) is 0 Å². The Labute approximate surface area is 98.6 Å². The molecule has 0 amide bonds. The fourth-order valence-electron chi connectivity index (χ4n) is 3.27. The van der Waals surface area contributed by atoms with Crippen molar-refractivity contribution in [1.29, 1.82) is 0 Å². The van der Waals surface area contributed by atoms with Gasteiger partial charge in [0.25, 0.3) is 0 Å². The summed E-state index contributed by atoms with van der Waals surface area (Å²) in [6, 6.07) is 0. The van der Waals surface area contributed by atoms with Crippen molar-refractivity contribution in [3.05, 3.63) is 23.3 Å². The molecular weight excluding hydrogens is 196 g/mol. The minimum Gasteiger partial charge on any atom is -0.300 e. The van der Waals surface area contributed by atoms with E-state index in [2.05, 4.69) is 32.9 Å². The molecule has 88 valence electrons. The highest BCUT2D eigenvalue weighted by atomic mass is 16.1. The molecule has 0 unspecified atom stereocenters. The highest BCUT2D eigenvalue weighted by Crippen LogP contribution is 2.65. The Morgan fingerprint density at radius 2 is 2.12 bits per heavy atom. The molecule has 0 aromatic rings. The van der Waals surface area contributed by atoms with E-state index in [0.29, 0.717) is 23.0 Å². The molecule has 1 saturated carbocycles. The molecule has 0 aromatic carbocycles. The number of ketones is 1. The Morgan fingerprint density at radius 3 is 2.62 bits per heavy atom. The van der Waals surface area contributed by atoms with Gasteiger partial charge in [-0.3, -0.25) is 0 Å². The van der Waals surface area contributed by atoms with Gasteiger partial charge < -0.3 is 4.79 Å². The van der Waals surface area contributed by atoms with Crippen LogP contribution in [0.25, 0.3) is 0 Å². The minimum absolute atomic E-state index is 0.328. The second kappa shape index (κ2) is 3.87. The van der Waals surface area contributed by atoms with Crippen LogP contribution in [-0.4, -0.2) is 5.78 Å². The summed E-state index contributed by atoms with van der Waals surface area (Å²) in [6.07, 6.45) is 7.60. The van der Waals surface area contributed by atoms with E-state index in [0.717, 1.165) is 19.3 Å². The maximum absolute atomic E-state index is 11.1. The van der Waals surface area contributed by atoms with Crippen molar-refractivity contribution < 1.29 is 4.79 Å². The molecule has 0 radical (unpaired) electrons. The van der Waals surface area contributed by atoms with Crippen LogP contribution in [-0.2, 0) is 4.79 Å². The van der Waals surface area contributed by atoms with Crippen LogP contribution >= 0.6 is 0 Å². The molecule has 2 atom stereocenters. The normalized spacial score (nSPS) is 31.0. The molecule has 0 bridgehead atoms. The number of carbonyl (C=O) groups is 1. The van der Waals surface area contributed by atoms with Crippen molar-refractivity contribution >= 4 is 5.78 Å². The largest absolute Gasteiger partial charge is 0.300 e. The molecule has 0 aliphatic heterocycles. The lowest BCUT2D eigenvalue weighted by Crippen LogP contribution is -1.94. The first-order valence-corrected chi connectivity index (χ1v) is 6.31. The van der Waals surface area contributed by atoms with Crippen molar-refractivity contribution in [3.8, 4) is 0 Å². The van der Waals surface area contributed by atoms with Gasteiger partial charge in [-0.05, 0) is 49.5 Å². The van der Waals surface area contributed by atoms with Gasteiger partial charge in [0.05, 0.1) is 0 Å². The first-order valence-electron chi connectivity index (χ1n) is 6.31. The van der Waals surface area contributed by atoms with Gasteiger partial charge in [0, 0.05) is 6.42 Å². The van der Waals surface area contributed by atoms with E-state index in [9.17, 15) is 4.79 Å². The number of allylic oxidation sites excluding steroid dienone is 4. The number of hydrogen-bond donors (Lipinski definition) is 0. The van der Waals surface area contributed by atoms with Crippen LogP contribution in [0, 0.1) is 17.3 Å². The predicted molar refractivity (Wildman–Crippen MR) is 67.1 cm³/mol. The third-order valence-electron chi connectivity index (χ3n) is 4.41. The number of Topliss-reactive ketones (excluding diaryl/α,β-unsaturated/α-hetero) is 1. The lowest BCUT2D eigenvalue weighted by atomic mass is 10.00. The Kier molecular flexibility index (Phi) is 2.81. The fourth-order valence-corrected chi connectivity index (χ4v) is 3.27. The van der Waals surface area contributed by atoms with Crippen molar-refractivity contribution in [2.75, 3.05) is 0 Å². The third kappa shape index (κ3) is 1.88. The van der Waals surface area contributed by atoms with E-state index >= 15 is 0 Å². The SMILES string of the molecule is CC(=O)CC[C@H]1[C@@H](C2=CCC=C2C)C1(C)C. The van der Waals surface area contributed by atoms with E-state index in [1.165, 1.54) is 5.57 Å². The maximum atomic E-state index is 11.1. The maximum Gasteiger partial charge on any atom is 0.129 e. The molecule has 0 aromatic heterocycles. The Hall–Kier alpha value is -0.850. The highest BCUT2D eigenvalue weighted by Gasteiger charge is 2.58. The third-order valence-corrected chi connectivity index (χ3v) is 4.41. The minimum atomic E-state index is 0.328. The monoisotopic (exact) mass is 218 g/mol. The fraction of sp³-hybridized carbons (Fsp3) is 0.667. The topological polar surface area (TPSA) is 17.1 Å². The summed E-state index contributed by atoms with van der Waals surface area (Å²) in [6.45, 7) is 8.60. The summed E-state index contributed by atoms with van der Waals surface area (Å²) < 4.78 is 0. The molecule has 2 rings (SSSR count). The average Bonchev–Trinajstić information content (AvgIpc) is 2.53. The van der Waals surface area contributed by atoms with Crippen LogP contribution in [0.4, 0.5) is 0 Å². The van der Waals surface area contributed by atoms with E-state index in [-0.39, 0.29) is 0 Å². The van der Waals surface area contributed by atoms with Crippen LogP contribution in [0.15, 0.2) is 23.3 Å². The van der Waals surface area contributed by atoms with Crippen LogP contribution < -0.4 is 0 Å². The number of hydrogen-bond acceptors (Lipinski definition) is 1. The van der Waals surface area contributed by atoms with Crippen LogP contribution in [0.2, 0.25) is 0 Å². The summed E-state index contributed by atoms with van der Waals surface area (Å²) in [4.78, 5) is 11.1. The van der Waals surface area contributed by atoms with Gasteiger partial charge in [-0.1, -0.05) is 31.6 Å². The smallest absolute Gasteiger partial charge is 0.129 e. The molecule has 1 nitrogen and oxygen atoms in total. The molecule has 16 heavy (non-hydrogen) atoms. The molecule has 1 heteroatoms. The lowest BCUT2D eigenvalue weighted by molar-refractivity contribution is -0.117. The van der Waals surface area contributed by atoms with Gasteiger partial charge in [0.2, 0.25) is 0 Å². The summed E-state index contributed by atoms with van der Waals surface area (Å²) in [5.41, 5.74) is 3.42. The molecule has 0 spiro atoms. The molecule has 2 aliphatic carbocycles. The first-order chi connectivity index (χ1) is 7.44. The zero-order valence-corrected chi connectivity index (χ0v) is 10.8. The first kappa shape index (κ1) is 11.6. The molecule has 0 heterocycles. The Bertz CT molecular complexity index is 371. The van der Waals surface area contributed by atoms with Crippen molar-refractivity contribution in [1.82, 2.24) is 0 Å². The number of carbonyl (C=O) groups excluding carboxylic acids is 1. The van der Waals surface area contributed by atoms with Gasteiger partial charge in [0.15, 0.2) is 0 Å². The molecular formula is C15H22O. The number of rotatable bonds is 4. The van der Waals surface area contributed by atoms with Gasteiger partial charge in [-0.15, -0.1) is 0 Å². The van der Waals surface area contributed by atoms with Crippen LogP contribution in [0.1, 0.15) is 47.0 Å². The van der Waals surface area contributed by atoms with Gasteiger partial charge in [0.1, 0.15) is 5.78 Å². The van der Waals surface area contributed by atoms with Gasteiger partial charge in [-0.2, -0.15) is 0 Å². The summed E-state index contributed by atoms with van der Waals surface area (Å²) >= 11 is 0. The molecule has 1 fully saturated rings. The standard InChI is InChI=1S/C15H22O/c1-10-6-5-7-12(10)14-13(15(14,3)4)9-8-11(2)16/h6-7,13-14H,5,8-9H2,1-4H3/t13-,14+/m0/s1. The zero-order valence-electron chi connectivity index (χ0n) is 10.8. The van der Waals surface area contributed by atoms with Crippen molar-refractivity contribution in [2.24, 2.45) is 17.3 Å². The summed E-state index contributed by atoms with van der Waals surface area (Å²) in [5.74, 6) is 1.74. The summed E-state index contributed by atoms with van der Waals surface area (Å²) in [7, 11) is 0. The van der Waals surface area contributed by atoms with Gasteiger partial charge in [-0.25, -0.2) is 0 Å². The second-order valence-electron chi connectivity index (χ2n) is 5.93. The van der Waals surface area contributed by atoms with E-state index in [1.54, 1.807) is 12.5 Å². The highest BCUT2D eigenvalue weighted by molar-refractivity contribution is 5.75. The van der Waals surface area contributed by atoms with Crippen molar-refractivity contribution in [3.63, 3.8) is 0 Å². The summed E-state index contributed by atoms with van der Waals surface area (Å²) in [5, 5.41) is 0. The van der Waals surface area contributed by atoms with E-state index < -0.39 is 0 Å². The van der Waals surface area contributed by atoms with E-state index in [4.69, 9.17) is 0 Å². The predicted octanol–water partition coefficient (Wildman–Crippen LogP) is 3.90. The Morgan fingerprint density at radius 1 is 1.44 bits per heavy atom.